The van der Waals surface area contributed by atoms with Crippen molar-refractivity contribution >= 4 is 19.2 Å². The lowest BCUT2D eigenvalue weighted by molar-refractivity contribution is 0.479. The summed E-state index contributed by atoms with van der Waals surface area (Å²) in [5, 5.41) is 11.5. The Morgan fingerprint density at radius 3 is 2.67 bits per heavy atom. The Bertz CT molecular complexity index is 706. The van der Waals surface area contributed by atoms with Crippen LogP contribution in [0.3, 0.4) is 0 Å². The number of benzene rings is 2. The van der Waals surface area contributed by atoms with Gasteiger partial charge < -0.3 is 5.11 Å². The van der Waals surface area contributed by atoms with E-state index in [4.69, 9.17) is 0 Å². The Kier molecular flexibility index (Phi) is 4.17. The second-order valence-corrected chi connectivity index (χ2v) is 6.36. The van der Waals surface area contributed by atoms with Gasteiger partial charge in [0.05, 0.1) is 0 Å². The first-order chi connectivity index (χ1) is 10.2. The molecule has 2 aromatic carbocycles. The van der Waals surface area contributed by atoms with Crippen LogP contribution < -0.4 is 10.6 Å². The largest absolute Gasteiger partial charge is 0.507 e. The average molecular weight is 298 g/mol. The molecule has 0 bridgehead atoms. The zero-order chi connectivity index (χ0) is 14.7. The number of phenolic OH excluding ortho intramolecular Hbond substituents is 1. The van der Waals surface area contributed by atoms with Gasteiger partial charge in [0.15, 0.2) is 0 Å². The van der Waals surface area contributed by atoms with E-state index in [-0.39, 0.29) is 20.1 Å². The summed E-state index contributed by atoms with van der Waals surface area (Å²) in [6.07, 6.45) is 9.33. The van der Waals surface area contributed by atoms with Crippen LogP contribution in [-0.4, -0.2) is 5.11 Å². The minimum atomic E-state index is -0.221. The lowest BCUT2D eigenvalue weighted by atomic mass is 9.93. The van der Waals surface area contributed by atoms with Gasteiger partial charge in [-0.05, 0) is 30.2 Å². The predicted molar refractivity (Wildman–Crippen MR) is 87.7 cm³/mol. The van der Waals surface area contributed by atoms with Crippen LogP contribution in [0.5, 0.6) is 5.75 Å². The lowest BCUT2D eigenvalue weighted by Crippen LogP contribution is -2.09. The highest BCUT2D eigenvalue weighted by Crippen LogP contribution is 2.28. The van der Waals surface area contributed by atoms with Crippen molar-refractivity contribution in [1.29, 1.82) is 0 Å². The zero-order valence-electron chi connectivity index (χ0n) is 11.5. The van der Waals surface area contributed by atoms with Crippen molar-refractivity contribution in [1.82, 2.24) is 0 Å². The SMILES string of the molecule is Oc1ccc(C2C=CC=CC2)cc1Pc1ccccc1F. The summed E-state index contributed by atoms with van der Waals surface area (Å²) in [5.41, 5.74) is 1.16. The molecular formula is C18H16FOP. The third kappa shape index (κ3) is 3.22. The fraction of sp³-hybridized carbons (Fsp3) is 0.111. The van der Waals surface area contributed by atoms with Gasteiger partial charge in [-0.2, -0.15) is 0 Å². The van der Waals surface area contributed by atoms with E-state index in [1.807, 2.05) is 30.4 Å². The molecule has 0 heterocycles. The third-order valence-electron chi connectivity index (χ3n) is 3.57. The van der Waals surface area contributed by atoms with Crippen LogP contribution in [0.1, 0.15) is 17.9 Å². The summed E-state index contributed by atoms with van der Waals surface area (Å²) in [6.45, 7) is 0. The minimum Gasteiger partial charge on any atom is -0.507 e. The van der Waals surface area contributed by atoms with Gasteiger partial charge in [-0.25, -0.2) is 4.39 Å². The number of halogens is 1. The van der Waals surface area contributed by atoms with Crippen LogP contribution in [-0.2, 0) is 0 Å². The second kappa shape index (κ2) is 6.24. The molecule has 21 heavy (non-hydrogen) atoms. The van der Waals surface area contributed by atoms with Crippen molar-refractivity contribution < 1.29 is 9.50 Å². The Balaban J connectivity index is 1.90. The minimum absolute atomic E-state index is 0.118. The van der Waals surface area contributed by atoms with Crippen LogP contribution >= 0.6 is 8.58 Å². The Hall–Kier alpha value is -1.92. The van der Waals surface area contributed by atoms with E-state index in [0.717, 1.165) is 17.3 Å². The van der Waals surface area contributed by atoms with E-state index in [1.165, 1.54) is 6.07 Å². The summed E-state index contributed by atoms with van der Waals surface area (Å²) >= 11 is 0. The number of aromatic hydroxyl groups is 1. The van der Waals surface area contributed by atoms with Crippen LogP contribution in [0.4, 0.5) is 4.39 Å². The Morgan fingerprint density at radius 2 is 1.90 bits per heavy atom. The maximum Gasteiger partial charge on any atom is 0.130 e. The second-order valence-electron chi connectivity index (χ2n) is 5.04. The molecule has 1 nitrogen and oxygen atoms in total. The first-order valence-corrected chi connectivity index (χ1v) is 7.92. The van der Waals surface area contributed by atoms with Gasteiger partial charge in [-0.1, -0.05) is 57.2 Å². The van der Waals surface area contributed by atoms with Gasteiger partial charge in [0, 0.05) is 16.5 Å². The highest BCUT2D eigenvalue weighted by Gasteiger charge is 2.12. The molecule has 3 rings (SSSR count). The van der Waals surface area contributed by atoms with Gasteiger partial charge in [-0.3, -0.25) is 0 Å². The van der Waals surface area contributed by atoms with Crippen molar-refractivity contribution in [2.75, 3.05) is 0 Å². The molecule has 1 N–H and O–H groups in total. The van der Waals surface area contributed by atoms with Crippen LogP contribution in [0.25, 0.3) is 0 Å². The van der Waals surface area contributed by atoms with Crippen molar-refractivity contribution in [3.63, 3.8) is 0 Å². The van der Waals surface area contributed by atoms with E-state index in [9.17, 15) is 9.50 Å². The van der Waals surface area contributed by atoms with Crippen molar-refractivity contribution in [2.24, 2.45) is 0 Å². The Morgan fingerprint density at radius 1 is 1.05 bits per heavy atom. The molecule has 0 saturated heterocycles. The summed E-state index contributed by atoms with van der Waals surface area (Å²) < 4.78 is 13.8. The normalized spacial score (nSPS) is 17.7. The van der Waals surface area contributed by atoms with Crippen molar-refractivity contribution in [2.45, 2.75) is 12.3 Å². The number of phenols is 1. The first-order valence-electron chi connectivity index (χ1n) is 6.92. The summed E-state index contributed by atoms with van der Waals surface area (Å²) in [4.78, 5) is 0. The number of allylic oxidation sites excluding steroid dienone is 4. The molecule has 106 valence electrons. The van der Waals surface area contributed by atoms with Gasteiger partial charge in [0.2, 0.25) is 0 Å². The number of hydrogen-bond donors (Lipinski definition) is 1. The van der Waals surface area contributed by atoms with Crippen LogP contribution in [0.2, 0.25) is 0 Å². The van der Waals surface area contributed by atoms with E-state index < -0.39 is 0 Å². The van der Waals surface area contributed by atoms with Gasteiger partial charge in [-0.15, -0.1) is 0 Å². The molecule has 0 fully saturated rings. The van der Waals surface area contributed by atoms with Crippen molar-refractivity contribution in [3.05, 3.63) is 78.1 Å². The summed E-state index contributed by atoms with van der Waals surface area (Å²) in [6, 6.07) is 12.4. The molecule has 0 radical (unpaired) electrons. The molecule has 0 spiro atoms. The molecular weight excluding hydrogens is 282 g/mol. The maximum absolute atomic E-state index is 13.8. The van der Waals surface area contributed by atoms with E-state index in [0.29, 0.717) is 11.2 Å². The monoisotopic (exact) mass is 298 g/mol. The molecule has 3 heteroatoms. The van der Waals surface area contributed by atoms with Crippen LogP contribution in [0.15, 0.2) is 66.8 Å². The molecule has 2 unspecified atom stereocenters. The van der Waals surface area contributed by atoms with E-state index in [2.05, 4.69) is 12.2 Å². The third-order valence-corrected chi connectivity index (χ3v) is 4.92. The first kappa shape index (κ1) is 14.0. The fourth-order valence-electron chi connectivity index (χ4n) is 2.42. The highest BCUT2D eigenvalue weighted by atomic mass is 31.1. The Labute approximate surface area is 125 Å². The molecule has 0 aromatic heterocycles. The molecule has 2 aromatic rings. The molecule has 0 saturated carbocycles. The predicted octanol–water partition coefficient (Wildman–Crippen LogP) is 3.76. The highest BCUT2D eigenvalue weighted by molar-refractivity contribution is 7.55. The number of rotatable bonds is 3. The lowest BCUT2D eigenvalue weighted by Gasteiger charge is -2.15. The quantitative estimate of drug-likeness (QED) is 0.855. The summed E-state index contributed by atoms with van der Waals surface area (Å²) in [5.74, 6) is 0.344. The molecule has 1 aliphatic rings. The molecule has 0 amide bonds. The average Bonchev–Trinajstić information content (AvgIpc) is 2.52. The topological polar surface area (TPSA) is 20.2 Å². The van der Waals surface area contributed by atoms with Gasteiger partial charge in [0.1, 0.15) is 11.6 Å². The maximum atomic E-state index is 13.8. The molecule has 2 atom stereocenters. The van der Waals surface area contributed by atoms with E-state index in [1.54, 1.807) is 18.2 Å². The van der Waals surface area contributed by atoms with E-state index >= 15 is 0 Å². The standard InChI is InChI=1S/C18H16FOP/c19-15-8-4-5-9-17(15)21-18-12-14(10-11-16(18)20)13-6-2-1-3-7-13/h1-6,8-13,20-21H,7H2. The molecule has 0 aliphatic heterocycles. The molecule has 1 aliphatic carbocycles. The van der Waals surface area contributed by atoms with Gasteiger partial charge >= 0.3 is 0 Å². The van der Waals surface area contributed by atoms with Crippen molar-refractivity contribution in [3.8, 4) is 5.75 Å². The zero-order valence-corrected chi connectivity index (χ0v) is 12.5. The van der Waals surface area contributed by atoms with Crippen LogP contribution in [0, 0.1) is 5.82 Å². The summed E-state index contributed by atoms with van der Waals surface area (Å²) in [7, 11) is 0.118. The van der Waals surface area contributed by atoms with Gasteiger partial charge in [0.25, 0.3) is 0 Å². The number of hydrogen-bond acceptors (Lipinski definition) is 1. The fourth-order valence-corrected chi connectivity index (χ4v) is 3.54. The smallest absolute Gasteiger partial charge is 0.130 e.